The fourth-order valence-electron chi connectivity index (χ4n) is 2.90. The molecule has 0 amide bonds. The molecule has 2 heterocycles. The van der Waals surface area contributed by atoms with E-state index in [2.05, 4.69) is 26.0 Å². The molecule has 1 aromatic heterocycles. The van der Waals surface area contributed by atoms with Crippen molar-refractivity contribution in [1.29, 1.82) is 0 Å². The summed E-state index contributed by atoms with van der Waals surface area (Å²) in [5, 5.41) is 2.18. The van der Waals surface area contributed by atoms with Gasteiger partial charge in [0, 0.05) is 33.1 Å². The number of fused-ring (bicyclic) bond motifs is 3. The van der Waals surface area contributed by atoms with Crippen LogP contribution in [0.5, 0.6) is 0 Å². The first-order chi connectivity index (χ1) is 10.7. The van der Waals surface area contributed by atoms with Gasteiger partial charge in [0.1, 0.15) is 0 Å². The molecule has 2 aromatic rings. The molecular weight excluding hydrogens is 314 g/mol. The molecule has 2 unspecified atom stereocenters. The Kier molecular flexibility index (Phi) is 6.27. The van der Waals surface area contributed by atoms with Gasteiger partial charge in [0.25, 0.3) is 0 Å². The van der Waals surface area contributed by atoms with Crippen LogP contribution in [0.15, 0.2) is 12.1 Å². The number of benzene rings is 1. The van der Waals surface area contributed by atoms with Gasteiger partial charge in [-0.15, -0.1) is 11.3 Å². The standard InChI is InChI=1S/C16H20ClNOS.C2H6/c1-3-9(2)10-6-11-15(7-12(10)17)20-14-4-5-19-13(8-18)16(11)14;1-2/h6-7,9,13H,3-5,8,18H2,1-2H3;1-2H3. The molecule has 22 heavy (non-hydrogen) atoms. The average molecular weight is 340 g/mol. The maximum atomic E-state index is 6.46. The van der Waals surface area contributed by atoms with E-state index in [9.17, 15) is 0 Å². The van der Waals surface area contributed by atoms with E-state index in [4.69, 9.17) is 22.1 Å². The monoisotopic (exact) mass is 339 g/mol. The minimum atomic E-state index is 0.0402. The van der Waals surface area contributed by atoms with Crippen molar-refractivity contribution in [1.82, 2.24) is 0 Å². The normalized spacial score (nSPS) is 18.5. The van der Waals surface area contributed by atoms with Crippen molar-refractivity contribution in [2.75, 3.05) is 13.2 Å². The third kappa shape index (κ3) is 3.18. The molecule has 0 spiro atoms. The quantitative estimate of drug-likeness (QED) is 0.782. The molecule has 122 valence electrons. The summed E-state index contributed by atoms with van der Waals surface area (Å²) in [5.41, 5.74) is 8.42. The fourth-order valence-corrected chi connectivity index (χ4v) is 4.58. The van der Waals surface area contributed by atoms with E-state index in [0.29, 0.717) is 12.5 Å². The molecule has 2 N–H and O–H groups in total. The van der Waals surface area contributed by atoms with E-state index in [1.807, 2.05) is 25.2 Å². The number of nitrogens with two attached hydrogens (primary N) is 1. The molecule has 1 aliphatic rings. The van der Waals surface area contributed by atoms with Crippen molar-refractivity contribution in [3.8, 4) is 0 Å². The predicted octanol–water partition coefficient (Wildman–Crippen LogP) is 5.67. The molecule has 3 rings (SSSR count). The highest BCUT2D eigenvalue weighted by atomic mass is 35.5. The van der Waals surface area contributed by atoms with Crippen molar-refractivity contribution in [3.05, 3.63) is 33.2 Å². The lowest BCUT2D eigenvalue weighted by molar-refractivity contribution is 0.0508. The van der Waals surface area contributed by atoms with Crippen LogP contribution in [0.4, 0.5) is 0 Å². The van der Waals surface area contributed by atoms with Crippen LogP contribution in [0.2, 0.25) is 5.02 Å². The number of hydrogen-bond acceptors (Lipinski definition) is 3. The van der Waals surface area contributed by atoms with Crippen LogP contribution in [-0.2, 0) is 11.2 Å². The van der Waals surface area contributed by atoms with Crippen LogP contribution in [0.25, 0.3) is 10.1 Å². The second-order valence-electron chi connectivity index (χ2n) is 5.46. The van der Waals surface area contributed by atoms with Crippen LogP contribution >= 0.6 is 22.9 Å². The Hall–Kier alpha value is -0.610. The highest BCUT2D eigenvalue weighted by Crippen LogP contribution is 2.42. The Morgan fingerprint density at radius 3 is 2.77 bits per heavy atom. The van der Waals surface area contributed by atoms with Gasteiger partial charge in [-0.25, -0.2) is 0 Å². The van der Waals surface area contributed by atoms with Crippen LogP contribution in [0, 0.1) is 0 Å². The first-order valence-corrected chi connectivity index (χ1v) is 9.41. The number of thiophene rings is 1. The smallest absolute Gasteiger partial charge is 0.0963 e. The summed E-state index contributed by atoms with van der Waals surface area (Å²) in [7, 11) is 0. The summed E-state index contributed by atoms with van der Waals surface area (Å²) in [5.74, 6) is 0.475. The van der Waals surface area contributed by atoms with Gasteiger partial charge in [-0.1, -0.05) is 39.3 Å². The Bertz CT molecular complexity index is 638. The highest BCUT2D eigenvalue weighted by Gasteiger charge is 2.25. The zero-order valence-electron chi connectivity index (χ0n) is 13.9. The van der Waals surface area contributed by atoms with E-state index in [-0.39, 0.29) is 6.10 Å². The molecular formula is C18H26ClNOS. The lowest BCUT2D eigenvalue weighted by atomic mass is 9.94. The molecule has 1 aromatic carbocycles. The Labute approximate surface area is 142 Å². The lowest BCUT2D eigenvalue weighted by Gasteiger charge is -2.22. The Morgan fingerprint density at radius 1 is 1.41 bits per heavy atom. The minimum absolute atomic E-state index is 0.0402. The predicted molar refractivity (Wildman–Crippen MR) is 98.3 cm³/mol. The van der Waals surface area contributed by atoms with Gasteiger partial charge >= 0.3 is 0 Å². The molecule has 2 atom stereocenters. The summed E-state index contributed by atoms with van der Waals surface area (Å²) >= 11 is 8.30. The first kappa shape index (κ1) is 17.7. The van der Waals surface area contributed by atoms with Gasteiger partial charge in [0.2, 0.25) is 0 Å². The van der Waals surface area contributed by atoms with Gasteiger partial charge in [0.15, 0.2) is 0 Å². The molecule has 0 saturated heterocycles. The van der Waals surface area contributed by atoms with Gasteiger partial charge in [0.05, 0.1) is 12.7 Å². The van der Waals surface area contributed by atoms with Crippen molar-refractivity contribution in [2.45, 2.75) is 52.6 Å². The van der Waals surface area contributed by atoms with Gasteiger partial charge < -0.3 is 10.5 Å². The molecule has 2 nitrogen and oxygen atoms in total. The van der Waals surface area contributed by atoms with E-state index in [1.165, 1.54) is 26.1 Å². The van der Waals surface area contributed by atoms with Crippen LogP contribution in [0.1, 0.15) is 62.1 Å². The van der Waals surface area contributed by atoms with Crippen LogP contribution in [0.3, 0.4) is 0 Å². The molecule has 0 bridgehead atoms. The van der Waals surface area contributed by atoms with Crippen molar-refractivity contribution in [2.24, 2.45) is 5.73 Å². The SMILES string of the molecule is CC.CCC(C)c1cc2c3c(sc2cc1Cl)CCOC3CN. The molecule has 0 fully saturated rings. The zero-order chi connectivity index (χ0) is 16.3. The van der Waals surface area contributed by atoms with Crippen LogP contribution < -0.4 is 5.73 Å². The summed E-state index contributed by atoms with van der Waals surface area (Å²) in [6, 6.07) is 4.38. The molecule has 0 saturated carbocycles. The lowest BCUT2D eigenvalue weighted by Crippen LogP contribution is -2.21. The van der Waals surface area contributed by atoms with Crippen molar-refractivity contribution < 1.29 is 4.74 Å². The number of ether oxygens (including phenoxy) is 1. The van der Waals surface area contributed by atoms with Crippen LogP contribution in [-0.4, -0.2) is 13.2 Å². The zero-order valence-corrected chi connectivity index (χ0v) is 15.5. The summed E-state index contributed by atoms with van der Waals surface area (Å²) < 4.78 is 7.09. The van der Waals surface area contributed by atoms with Crippen molar-refractivity contribution in [3.63, 3.8) is 0 Å². The van der Waals surface area contributed by atoms with Gasteiger partial charge in [-0.05, 0) is 35.4 Å². The van der Waals surface area contributed by atoms with Gasteiger partial charge in [-0.3, -0.25) is 0 Å². The summed E-state index contributed by atoms with van der Waals surface area (Å²) in [4.78, 5) is 1.42. The van der Waals surface area contributed by atoms with E-state index in [1.54, 1.807) is 0 Å². The van der Waals surface area contributed by atoms with Gasteiger partial charge in [-0.2, -0.15) is 0 Å². The highest BCUT2D eigenvalue weighted by molar-refractivity contribution is 7.19. The summed E-state index contributed by atoms with van der Waals surface area (Å²) in [6.07, 6.45) is 2.12. The molecule has 0 radical (unpaired) electrons. The topological polar surface area (TPSA) is 35.2 Å². The first-order valence-electron chi connectivity index (χ1n) is 8.22. The number of halogens is 1. The molecule has 4 heteroatoms. The third-order valence-electron chi connectivity index (χ3n) is 4.25. The van der Waals surface area contributed by atoms with E-state index in [0.717, 1.165) is 24.5 Å². The van der Waals surface area contributed by atoms with Crippen molar-refractivity contribution >= 4 is 33.0 Å². The van der Waals surface area contributed by atoms with E-state index >= 15 is 0 Å². The number of rotatable bonds is 3. The minimum Gasteiger partial charge on any atom is -0.372 e. The fraction of sp³-hybridized carbons (Fsp3) is 0.556. The maximum Gasteiger partial charge on any atom is 0.0963 e. The second kappa shape index (κ2) is 7.78. The Morgan fingerprint density at radius 2 is 2.14 bits per heavy atom. The third-order valence-corrected chi connectivity index (χ3v) is 5.81. The second-order valence-corrected chi connectivity index (χ2v) is 7.01. The molecule has 0 aliphatic carbocycles. The average Bonchev–Trinajstić information content (AvgIpc) is 2.92. The van der Waals surface area contributed by atoms with E-state index < -0.39 is 0 Å². The summed E-state index contributed by atoms with van der Waals surface area (Å²) in [6.45, 7) is 9.73. The maximum absolute atomic E-state index is 6.46. The molecule has 1 aliphatic heterocycles. The number of hydrogen-bond donors (Lipinski definition) is 1. The Balaban J connectivity index is 0.000000847. The largest absolute Gasteiger partial charge is 0.372 e.